The van der Waals surface area contributed by atoms with Crippen LogP contribution in [-0.4, -0.2) is 29.2 Å². The molecule has 1 fully saturated rings. The summed E-state index contributed by atoms with van der Waals surface area (Å²) in [6, 6.07) is 0. The van der Waals surface area contributed by atoms with Crippen molar-refractivity contribution in [2.75, 3.05) is 19.3 Å². The summed E-state index contributed by atoms with van der Waals surface area (Å²) in [5.74, 6) is 0. The number of thioether (sulfide) groups is 1. The maximum absolute atomic E-state index is 5.11. The highest BCUT2D eigenvalue weighted by Crippen LogP contribution is 2.42. The molecule has 0 aromatic carbocycles. The van der Waals surface area contributed by atoms with E-state index >= 15 is 0 Å². The molecule has 0 unspecified atom stereocenters. The van der Waals surface area contributed by atoms with Gasteiger partial charge < -0.3 is 10.6 Å². The molecule has 0 aliphatic heterocycles. The van der Waals surface area contributed by atoms with Gasteiger partial charge in [-0.1, -0.05) is 6.42 Å². The lowest BCUT2D eigenvalue weighted by Crippen LogP contribution is -2.47. The first-order valence-electron chi connectivity index (χ1n) is 4.79. The first kappa shape index (κ1) is 11.1. The zero-order chi connectivity index (χ0) is 9.73. The fourth-order valence-electron chi connectivity index (χ4n) is 1.49. The Balaban J connectivity index is 2.20. The molecule has 0 heterocycles. The van der Waals surface area contributed by atoms with Gasteiger partial charge in [-0.25, -0.2) is 0 Å². The highest BCUT2D eigenvalue weighted by Gasteiger charge is 2.35. The second-order valence-corrected chi connectivity index (χ2v) is 5.14. The van der Waals surface area contributed by atoms with Gasteiger partial charge in [-0.05, 0) is 38.2 Å². The topological polar surface area (TPSA) is 24.1 Å². The molecule has 1 aliphatic rings. The van der Waals surface area contributed by atoms with E-state index in [1.165, 1.54) is 19.3 Å². The molecule has 13 heavy (non-hydrogen) atoms. The summed E-state index contributed by atoms with van der Waals surface area (Å²) >= 11 is 7.08. The summed E-state index contributed by atoms with van der Waals surface area (Å²) in [5, 5.41) is 7.17. The van der Waals surface area contributed by atoms with E-state index in [9.17, 15) is 0 Å². The van der Waals surface area contributed by atoms with E-state index < -0.39 is 0 Å². The minimum Gasteiger partial charge on any atom is -0.363 e. The molecule has 2 N–H and O–H groups in total. The lowest BCUT2D eigenvalue weighted by Gasteiger charge is -2.40. The number of hydrogen-bond acceptors (Lipinski definition) is 2. The van der Waals surface area contributed by atoms with Crippen LogP contribution in [0.2, 0.25) is 0 Å². The molecule has 0 aromatic heterocycles. The minimum atomic E-state index is 0.472. The van der Waals surface area contributed by atoms with Gasteiger partial charge in [0.2, 0.25) is 0 Å². The molecule has 1 saturated carbocycles. The Hall–Kier alpha value is 0.0400. The lowest BCUT2D eigenvalue weighted by atomic mass is 9.84. The fraction of sp³-hybridized carbons (Fsp3) is 0.889. The van der Waals surface area contributed by atoms with Crippen LogP contribution >= 0.6 is 24.0 Å². The van der Waals surface area contributed by atoms with Gasteiger partial charge in [-0.2, -0.15) is 11.8 Å². The Bertz CT molecular complexity index is 173. The van der Waals surface area contributed by atoms with Gasteiger partial charge in [0.05, 0.1) is 0 Å². The molecule has 4 heteroatoms. The van der Waals surface area contributed by atoms with E-state index in [0.717, 1.165) is 18.2 Å². The van der Waals surface area contributed by atoms with Crippen LogP contribution < -0.4 is 10.6 Å². The molecule has 0 spiro atoms. The van der Waals surface area contributed by atoms with Gasteiger partial charge in [-0.15, -0.1) is 0 Å². The Morgan fingerprint density at radius 1 is 1.46 bits per heavy atom. The molecule has 0 bridgehead atoms. The van der Waals surface area contributed by atoms with Crippen molar-refractivity contribution in [1.82, 2.24) is 10.6 Å². The van der Waals surface area contributed by atoms with Gasteiger partial charge in [-0.3, -0.25) is 0 Å². The molecular formula is C9H18N2S2. The van der Waals surface area contributed by atoms with Gasteiger partial charge in [0.15, 0.2) is 5.11 Å². The Kier molecular flexibility index (Phi) is 4.32. The maximum atomic E-state index is 5.11. The van der Waals surface area contributed by atoms with Crippen LogP contribution in [0.1, 0.15) is 26.2 Å². The summed E-state index contributed by atoms with van der Waals surface area (Å²) < 4.78 is 0.472. The molecular weight excluding hydrogens is 200 g/mol. The van der Waals surface area contributed by atoms with E-state index in [-0.39, 0.29) is 0 Å². The lowest BCUT2D eigenvalue weighted by molar-refractivity contribution is 0.361. The van der Waals surface area contributed by atoms with Crippen molar-refractivity contribution < 1.29 is 0 Å². The van der Waals surface area contributed by atoms with Crippen molar-refractivity contribution in [1.29, 1.82) is 0 Å². The highest BCUT2D eigenvalue weighted by atomic mass is 32.2. The maximum Gasteiger partial charge on any atom is 0.166 e. The Morgan fingerprint density at radius 2 is 2.15 bits per heavy atom. The summed E-state index contributed by atoms with van der Waals surface area (Å²) in [6.45, 7) is 3.97. The van der Waals surface area contributed by atoms with Crippen molar-refractivity contribution in [3.05, 3.63) is 0 Å². The standard InChI is InChI=1S/C9H18N2S2/c1-3-10-8(12)11-7-9(13-2)5-4-6-9/h3-7H2,1-2H3,(H2,10,11,12). The van der Waals surface area contributed by atoms with Crippen LogP contribution in [0.4, 0.5) is 0 Å². The number of nitrogens with one attached hydrogen (secondary N) is 2. The van der Waals surface area contributed by atoms with Crippen LogP contribution in [0, 0.1) is 0 Å². The predicted molar refractivity (Wildman–Crippen MR) is 64.4 cm³/mol. The van der Waals surface area contributed by atoms with Gasteiger partial charge in [0.1, 0.15) is 0 Å². The van der Waals surface area contributed by atoms with Crippen LogP contribution in [0.5, 0.6) is 0 Å². The van der Waals surface area contributed by atoms with Crippen LogP contribution in [0.15, 0.2) is 0 Å². The first-order chi connectivity index (χ1) is 6.22. The van der Waals surface area contributed by atoms with Crippen LogP contribution in [0.25, 0.3) is 0 Å². The van der Waals surface area contributed by atoms with Crippen molar-refractivity contribution >= 4 is 29.1 Å². The van der Waals surface area contributed by atoms with Crippen molar-refractivity contribution in [2.45, 2.75) is 30.9 Å². The molecule has 76 valence electrons. The third kappa shape index (κ3) is 3.02. The monoisotopic (exact) mass is 218 g/mol. The molecule has 0 amide bonds. The first-order valence-corrected chi connectivity index (χ1v) is 6.42. The third-order valence-electron chi connectivity index (χ3n) is 2.61. The van der Waals surface area contributed by atoms with E-state index in [2.05, 4.69) is 23.8 Å². The average Bonchev–Trinajstić information content (AvgIpc) is 2.04. The molecule has 0 atom stereocenters. The third-order valence-corrected chi connectivity index (χ3v) is 4.31. The Labute approximate surface area is 90.2 Å². The number of hydrogen-bond donors (Lipinski definition) is 2. The van der Waals surface area contributed by atoms with Crippen LogP contribution in [0.3, 0.4) is 0 Å². The zero-order valence-corrected chi connectivity index (χ0v) is 9.99. The smallest absolute Gasteiger partial charge is 0.166 e. The molecule has 0 aromatic rings. The minimum absolute atomic E-state index is 0.472. The predicted octanol–water partition coefficient (Wildman–Crippen LogP) is 1.76. The van der Waals surface area contributed by atoms with Gasteiger partial charge in [0, 0.05) is 17.8 Å². The SMILES string of the molecule is CCNC(=S)NCC1(SC)CCC1. The van der Waals surface area contributed by atoms with Crippen molar-refractivity contribution in [2.24, 2.45) is 0 Å². The van der Waals surface area contributed by atoms with Crippen LogP contribution in [-0.2, 0) is 0 Å². The normalized spacial score (nSPS) is 18.9. The second kappa shape index (κ2) is 5.05. The summed E-state index contributed by atoms with van der Waals surface area (Å²) in [4.78, 5) is 0. The molecule has 0 radical (unpaired) electrons. The van der Waals surface area contributed by atoms with E-state index in [1.54, 1.807) is 0 Å². The van der Waals surface area contributed by atoms with Gasteiger partial charge in [0.25, 0.3) is 0 Å². The zero-order valence-electron chi connectivity index (χ0n) is 8.35. The van der Waals surface area contributed by atoms with Gasteiger partial charge >= 0.3 is 0 Å². The van der Waals surface area contributed by atoms with Crippen molar-refractivity contribution in [3.63, 3.8) is 0 Å². The highest BCUT2D eigenvalue weighted by molar-refractivity contribution is 8.00. The van der Waals surface area contributed by atoms with E-state index in [4.69, 9.17) is 12.2 Å². The van der Waals surface area contributed by atoms with E-state index in [1.807, 2.05) is 11.8 Å². The molecule has 1 aliphatic carbocycles. The summed E-state index contributed by atoms with van der Waals surface area (Å²) in [6.07, 6.45) is 6.22. The number of rotatable bonds is 4. The Morgan fingerprint density at radius 3 is 2.54 bits per heavy atom. The fourth-order valence-corrected chi connectivity index (χ4v) is 2.62. The summed E-state index contributed by atoms with van der Waals surface area (Å²) in [5.41, 5.74) is 0. The van der Waals surface area contributed by atoms with E-state index in [0.29, 0.717) is 4.75 Å². The average molecular weight is 218 g/mol. The molecule has 0 saturated heterocycles. The second-order valence-electron chi connectivity index (χ2n) is 3.45. The summed E-state index contributed by atoms with van der Waals surface area (Å²) in [7, 11) is 0. The number of thiocarbonyl (C=S) groups is 1. The molecule has 1 rings (SSSR count). The largest absolute Gasteiger partial charge is 0.363 e. The van der Waals surface area contributed by atoms with Crippen molar-refractivity contribution in [3.8, 4) is 0 Å². The molecule has 2 nitrogen and oxygen atoms in total. The quantitative estimate of drug-likeness (QED) is 0.702.